The van der Waals surface area contributed by atoms with Gasteiger partial charge in [-0.1, -0.05) is 78.0 Å². The summed E-state index contributed by atoms with van der Waals surface area (Å²) < 4.78 is 6.18. The molecule has 0 atom stereocenters. The molecule has 0 bridgehead atoms. The van der Waals surface area contributed by atoms with Crippen LogP contribution in [0.1, 0.15) is 0 Å². The molecular formula is C30H20ClNOS. The van der Waals surface area contributed by atoms with Crippen LogP contribution < -0.4 is 9.64 Å². The topological polar surface area (TPSA) is 12.5 Å². The lowest BCUT2D eigenvalue weighted by molar-refractivity contribution is 0.455. The zero-order chi connectivity index (χ0) is 22.9. The van der Waals surface area contributed by atoms with Crippen LogP contribution in [-0.4, -0.2) is 0 Å². The molecule has 5 aromatic carbocycles. The van der Waals surface area contributed by atoms with Crippen LogP contribution in [0.4, 0.5) is 17.1 Å². The first-order valence-corrected chi connectivity index (χ1v) is 12.2. The Labute approximate surface area is 208 Å². The fourth-order valence-electron chi connectivity index (χ4n) is 4.14. The smallest absolute Gasteiger partial charge is 0.142 e. The summed E-state index contributed by atoms with van der Waals surface area (Å²) in [6.45, 7) is 0. The van der Waals surface area contributed by atoms with Crippen molar-refractivity contribution in [3.63, 3.8) is 0 Å². The van der Waals surface area contributed by atoms with Gasteiger partial charge in [0.05, 0.1) is 9.79 Å². The van der Waals surface area contributed by atoms with Gasteiger partial charge in [0, 0.05) is 28.2 Å². The van der Waals surface area contributed by atoms with E-state index >= 15 is 0 Å². The molecule has 34 heavy (non-hydrogen) atoms. The van der Waals surface area contributed by atoms with E-state index in [9.17, 15) is 0 Å². The lowest BCUT2D eigenvalue weighted by Crippen LogP contribution is -2.09. The van der Waals surface area contributed by atoms with Crippen molar-refractivity contribution in [2.75, 3.05) is 4.90 Å². The number of halogens is 1. The summed E-state index contributed by atoms with van der Waals surface area (Å²) in [6, 6.07) is 41.7. The zero-order valence-electron chi connectivity index (χ0n) is 18.2. The molecule has 1 aliphatic heterocycles. The van der Waals surface area contributed by atoms with Gasteiger partial charge < -0.3 is 9.64 Å². The first kappa shape index (κ1) is 20.9. The van der Waals surface area contributed by atoms with Crippen LogP contribution in [0.2, 0.25) is 5.02 Å². The predicted molar refractivity (Wildman–Crippen MR) is 142 cm³/mol. The Morgan fingerprint density at radius 2 is 1.06 bits per heavy atom. The standard InChI is InChI=1S/C30H20ClNOS/c31-23-14-18-30-28(20-23)33-27-19-22(13-17-29(27)34-30)21-11-15-26(16-12-21)32(24-7-3-1-4-8-24)25-9-5-2-6-10-25/h1-20H. The molecule has 0 aliphatic carbocycles. The second-order valence-electron chi connectivity index (χ2n) is 8.01. The Morgan fingerprint density at radius 1 is 0.529 bits per heavy atom. The summed E-state index contributed by atoms with van der Waals surface area (Å²) in [5.74, 6) is 1.66. The van der Waals surface area contributed by atoms with E-state index in [0.29, 0.717) is 5.02 Å². The van der Waals surface area contributed by atoms with Crippen molar-refractivity contribution in [1.29, 1.82) is 0 Å². The van der Waals surface area contributed by atoms with Crippen molar-refractivity contribution in [3.8, 4) is 22.6 Å². The average Bonchev–Trinajstić information content (AvgIpc) is 2.89. The molecule has 2 nitrogen and oxygen atoms in total. The van der Waals surface area contributed by atoms with E-state index in [1.54, 1.807) is 11.8 Å². The molecule has 0 aromatic heterocycles. The molecule has 0 amide bonds. The lowest BCUT2D eigenvalue weighted by Gasteiger charge is -2.25. The maximum Gasteiger partial charge on any atom is 0.142 e. The van der Waals surface area contributed by atoms with Gasteiger partial charge in [0.2, 0.25) is 0 Å². The average molecular weight is 478 g/mol. The molecule has 0 saturated carbocycles. The van der Waals surface area contributed by atoms with Gasteiger partial charge in [0.1, 0.15) is 11.5 Å². The Hall–Kier alpha value is -3.66. The van der Waals surface area contributed by atoms with Gasteiger partial charge in [-0.05, 0) is 71.8 Å². The summed E-state index contributed by atoms with van der Waals surface area (Å²) in [5, 5.41) is 0.677. The number of hydrogen-bond donors (Lipinski definition) is 0. The molecule has 6 rings (SSSR count). The largest absolute Gasteiger partial charge is 0.455 e. The molecule has 4 heteroatoms. The van der Waals surface area contributed by atoms with E-state index < -0.39 is 0 Å². The Balaban J connectivity index is 1.33. The number of ether oxygens (including phenoxy) is 1. The van der Waals surface area contributed by atoms with Gasteiger partial charge in [0.15, 0.2) is 0 Å². The molecule has 0 fully saturated rings. The second-order valence-corrected chi connectivity index (χ2v) is 9.53. The quantitative estimate of drug-likeness (QED) is 0.250. The minimum atomic E-state index is 0.677. The summed E-state index contributed by atoms with van der Waals surface area (Å²) in [5.41, 5.74) is 5.60. The second kappa shape index (κ2) is 8.94. The van der Waals surface area contributed by atoms with E-state index in [1.165, 1.54) is 0 Å². The number of anilines is 3. The number of rotatable bonds is 4. The number of nitrogens with zero attached hydrogens (tertiary/aromatic N) is 1. The SMILES string of the molecule is Clc1ccc2c(c1)Oc1cc(-c3ccc(N(c4ccccc4)c4ccccc4)cc3)ccc1S2. The third-order valence-electron chi connectivity index (χ3n) is 5.78. The van der Waals surface area contributed by atoms with Crippen LogP contribution in [0.3, 0.4) is 0 Å². The summed E-state index contributed by atoms with van der Waals surface area (Å²) in [4.78, 5) is 4.45. The van der Waals surface area contributed by atoms with Gasteiger partial charge in [0.25, 0.3) is 0 Å². The highest BCUT2D eigenvalue weighted by Crippen LogP contribution is 2.48. The molecule has 0 unspecified atom stereocenters. The molecule has 0 saturated heterocycles. The van der Waals surface area contributed by atoms with Gasteiger partial charge >= 0.3 is 0 Å². The van der Waals surface area contributed by atoms with Crippen molar-refractivity contribution >= 4 is 40.4 Å². The van der Waals surface area contributed by atoms with E-state index in [4.69, 9.17) is 16.3 Å². The van der Waals surface area contributed by atoms with Crippen molar-refractivity contribution in [1.82, 2.24) is 0 Å². The molecule has 1 heterocycles. The highest BCUT2D eigenvalue weighted by atomic mass is 35.5. The van der Waals surface area contributed by atoms with Crippen LogP contribution in [0.25, 0.3) is 11.1 Å². The first-order valence-electron chi connectivity index (χ1n) is 11.0. The van der Waals surface area contributed by atoms with Gasteiger partial charge in [-0.25, -0.2) is 0 Å². The normalized spacial score (nSPS) is 11.8. The van der Waals surface area contributed by atoms with Crippen molar-refractivity contribution in [2.24, 2.45) is 0 Å². The summed E-state index contributed by atoms with van der Waals surface area (Å²) >= 11 is 7.87. The molecule has 0 spiro atoms. The van der Waals surface area contributed by atoms with Crippen molar-refractivity contribution < 1.29 is 4.74 Å². The lowest BCUT2D eigenvalue weighted by atomic mass is 10.0. The fraction of sp³-hybridized carbons (Fsp3) is 0. The van der Waals surface area contributed by atoms with E-state index in [-0.39, 0.29) is 0 Å². The van der Waals surface area contributed by atoms with Gasteiger partial charge in [-0.3, -0.25) is 0 Å². The summed E-state index contributed by atoms with van der Waals surface area (Å²) in [6.07, 6.45) is 0. The third kappa shape index (κ3) is 4.05. The van der Waals surface area contributed by atoms with E-state index in [1.807, 2.05) is 30.3 Å². The number of hydrogen-bond acceptors (Lipinski definition) is 3. The summed E-state index contributed by atoms with van der Waals surface area (Å²) in [7, 11) is 0. The number of fused-ring (bicyclic) bond motifs is 2. The van der Waals surface area contributed by atoms with Crippen LogP contribution in [0.5, 0.6) is 11.5 Å². The van der Waals surface area contributed by atoms with E-state index in [2.05, 4.69) is 95.9 Å². The number of para-hydroxylation sites is 2. The van der Waals surface area contributed by atoms with Crippen molar-refractivity contribution in [2.45, 2.75) is 9.79 Å². The van der Waals surface area contributed by atoms with Crippen LogP contribution in [-0.2, 0) is 0 Å². The third-order valence-corrected chi connectivity index (χ3v) is 7.13. The first-order chi connectivity index (χ1) is 16.7. The number of benzene rings is 5. The maximum atomic E-state index is 6.18. The van der Waals surface area contributed by atoms with Crippen LogP contribution >= 0.6 is 23.4 Å². The molecule has 1 aliphatic rings. The maximum absolute atomic E-state index is 6.18. The van der Waals surface area contributed by atoms with Crippen LogP contribution in [0, 0.1) is 0 Å². The Bertz CT molecular complexity index is 1410. The fourth-order valence-corrected chi connectivity index (χ4v) is 5.21. The molecule has 0 N–H and O–H groups in total. The highest BCUT2D eigenvalue weighted by Gasteiger charge is 2.19. The Morgan fingerprint density at radius 3 is 1.71 bits per heavy atom. The van der Waals surface area contributed by atoms with Gasteiger partial charge in [-0.15, -0.1) is 0 Å². The van der Waals surface area contributed by atoms with Crippen molar-refractivity contribution in [3.05, 3.63) is 126 Å². The Kier molecular flexibility index (Phi) is 5.50. The molecular weight excluding hydrogens is 458 g/mol. The molecule has 0 radical (unpaired) electrons. The van der Waals surface area contributed by atoms with E-state index in [0.717, 1.165) is 49.5 Å². The highest BCUT2D eigenvalue weighted by molar-refractivity contribution is 7.99. The van der Waals surface area contributed by atoms with Gasteiger partial charge in [-0.2, -0.15) is 0 Å². The minimum absolute atomic E-state index is 0.677. The zero-order valence-corrected chi connectivity index (χ0v) is 19.8. The molecule has 5 aromatic rings. The predicted octanol–water partition coefficient (Wildman–Crippen LogP) is 9.73. The van der Waals surface area contributed by atoms with Crippen LogP contribution in [0.15, 0.2) is 131 Å². The molecule has 164 valence electrons. The monoisotopic (exact) mass is 477 g/mol. The minimum Gasteiger partial charge on any atom is -0.455 e.